The Morgan fingerprint density at radius 3 is 2.76 bits per heavy atom. The highest BCUT2D eigenvalue weighted by molar-refractivity contribution is 5.94. The van der Waals surface area contributed by atoms with Crippen LogP contribution in [-0.4, -0.2) is 29.4 Å². The van der Waals surface area contributed by atoms with E-state index in [0.29, 0.717) is 18.7 Å². The van der Waals surface area contributed by atoms with Crippen molar-refractivity contribution in [3.05, 3.63) is 71.6 Å². The number of pyridine rings is 1. The van der Waals surface area contributed by atoms with Gasteiger partial charge in [0.25, 0.3) is 5.91 Å². The predicted molar refractivity (Wildman–Crippen MR) is 96.4 cm³/mol. The molecule has 126 valence electrons. The number of fused-ring (bicyclic) bond motifs is 1. The van der Waals surface area contributed by atoms with Gasteiger partial charge in [-0.15, -0.1) is 0 Å². The number of nitrogens with one attached hydrogen (secondary N) is 1. The lowest BCUT2D eigenvalue weighted by molar-refractivity contribution is 0.0720. The largest absolute Gasteiger partial charge is 0.459 e. The highest BCUT2D eigenvalue weighted by Gasteiger charge is 2.25. The Bertz CT molecular complexity index is 885. The molecule has 5 heteroatoms. The average Bonchev–Trinajstić information content (AvgIpc) is 3.11. The van der Waals surface area contributed by atoms with E-state index in [1.54, 1.807) is 19.3 Å². The molecule has 0 aliphatic carbocycles. The Balaban J connectivity index is 1.54. The van der Waals surface area contributed by atoms with E-state index >= 15 is 0 Å². The molecule has 0 radical (unpaired) electrons. The molecule has 1 aliphatic heterocycles. The number of rotatable bonds is 3. The summed E-state index contributed by atoms with van der Waals surface area (Å²) in [6.07, 6.45) is 2.42. The van der Waals surface area contributed by atoms with Crippen LogP contribution in [0.5, 0.6) is 0 Å². The molecule has 4 rings (SSSR count). The Morgan fingerprint density at radius 1 is 1.20 bits per heavy atom. The molecule has 2 aromatic heterocycles. The van der Waals surface area contributed by atoms with Crippen molar-refractivity contribution in [2.24, 2.45) is 0 Å². The first kappa shape index (κ1) is 15.4. The third-order valence-electron chi connectivity index (χ3n) is 4.49. The smallest absolute Gasteiger partial charge is 0.255 e. The molecule has 0 spiro atoms. The van der Waals surface area contributed by atoms with Crippen LogP contribution in [0.25, 0.3) is 11.3 Å². The zero-order valence-corrected chi connectivity index (χ0v) is 14.0. The lowest BCUT2D eigenvalue weighted by Crippen LogP contribution is -2.35. The molecule has 0 saturated heterocycles. The summed E-state index contributed by atoms with van der Waals surface area (Å²) in [7, 11) is 1.80. The molecule has 0 atom stereocenters. The Labute approximate surface area is 146 Å². The fourth-order valence-electron chi connectivity index (χ4n) is 3.09. The van der Waals surface area contributed by atoms with E-state index in [4.69, 9.17) is 4.42 Å². The van der Waals surface area contributed by atoms with Crippen LogP contribution in [0.1, 0.15) is 21.7 Å². The molecule has 0 unspecified atom stereocenters. The van der Waals surface area contributed by atoms with Crippen LogP contribution < -0.4 is 5.32 Å². The Hall–Kier alpha value is -3.08. The van der Waals surface area contributed by atoms with Crippen LogP contribution >= 0.6 is 0 Å². The van der Waals surface area contributed by atoms with Gasteiger partial charge in [-0.1, -0.05) is 30.3 Å². The van der Waals surface area contributed by atoms with Gasteiger partial charge in [-0.05, 0) is 30.2 Å². The Morgan fingerprint density at radius 2 is 2.04 bits per heavy atom. The van der Waals surface area contributed by atoms with E-state index in [1.807, 2.05) is 41.3 Å². The van der Waals surface area contributed by atoms with Gasteiger partial charge in [0.15, 0.2) is 0 Å². The molecule has 3 aromatic rings. The number of carbonyl (C=O) groups excluding carboxylic acids is 1. The molecular weight excluding hydrogens is 314 g/mol. The molecule has 0 bridgehead atoms. The van der Waals surface area contributed by atoms with Crippen molar-refractivity contribution in [3.8, 4) is 11.3 Å². The minimum Gasteiger partial charge on any atom is -0.459 e. The standard InChI is InChI=1S/C20H19N3O2/c1-21-19-8-7-16(12-22-19)20(24)23-10-9-15-11-17(25-18(15)13-23)14-5-3-2-4-6-14/h2-8,11-12H,9-10,13H2,1H3,(H,21,22). The quantitative estimate of drug-likeness (QED) is 0.796. The lowest BCUT2D eigenvalue weighted by Gasteiger charge is -2.26. The number of anilines is 1. The van der Waals surface area contributed by atoms with Gasteiger partial charge in [-0.3, -0.25) is 4.79 Å². The van der Waals surface area contributed by atoms with Gasteiger partial charge in [0, 0.05) is 25.4 Å². The SMILES string of the molecule is CNc1ccc(C(=O)N2CCc3cc(-c4ccccc4)oc3C2)cn1. The molecule has 1 N–H and O–H groups in total. The normalized spacial score (nSPS) is 13.4. The number of aromatic nitrogens is 1. The van der Waals surface area contributed by atoms with Crippen LogP contribution in [0.3, 0.4) is 0 Å². The number of amides is 1. The van der Waals surface area contributed by atoms with E-state index in [0.717, 1.165) is 29.3 Å². The molecule has 0 saturated carbocycles. The van der Waals surface area contributed by atoms with Crippen molar-refractivity contribution in [3.63, 3.8) is 0 Å². The minimum absolute atomic E-state index is 0.0153. The van der Waals surface area contributed by atoms with Gasteiger partial charge in [-0.25, -0.2) is 4.98 Å². The van der Waals surface area contributed by atoms with Gasteiger partial charge in [0.2, 0.25) is 0 Å². The second-order valence-corrected chi connectivity index (χ2v) is 6.08. The summed E-state index contributed by atoms with van der Waals surface area (Å²) in [5.41, 5.74) is 2.84. The maximum absolute atomic E-state index is 12.7. The zero-order valence-electron chi connectivity index (χ0n) is 14.0. The maximum Gasteiger partial charge on any atom is 0.255 e. The summed E-state index contributed by atoms with van der Waals surface area (Å²) in [6, 6.07) is 15.7. The Kier molecular flexibility index (Phi) is 3.98. The third kappa shape index (κ3) is 3.01. The van der Waals surface area contributed by atoms with Gasteiger partial charge in [0.1, 0.15) is 17.3 Å². The number of hydrogen-bond donors (Lipinski definition) is 1. The van der Waals surface area contributed by atoms with Gasteiger partial charge in [0.05, 0.1) is 12.1 Å². The number of benzene rings is 1. The van der Waals surface area contributed by atoms with Crippen LogP contribution in [0.4, 0.5) is 5.82 Å². The first-order valence-electron chi connectivity index (χ1n) is 8.34. The molecule has 1 aromatic carbocycles. The molecule has 1 aliphatic rings. The predicted octanol–water partition coefficient (Wildman–Crippen LogP) is 3.58. The summed E-state index contributed by atoms with van der Waals surface area (Å²) in [5, 5.41) is 2.95. The van der Waals surface area contributed by atoms with Crippen molar-refractivity contribution < 1.29 is 9.21 Å². The average molecular weight is 333 g/mol. The zero-order chi connectivity index (χ0) is 17.2. The van der Waals surface area contributed by atoms with Crippen molar-refractivity contribution in [2.75, 3.05) is 18.9 Å². The van der Waals surface area contributed by atoms with E-state index in [1.165, 1.54) is 5.56 Å². The van der Waals surface area contributed by atoms with Crippen LogP contribution in [0, 0.1) is 0 Å². The van der Waals surface area contributed by atoms with E-state index in [2.05, 4.69) is 16.4 Å². The van der Waals surface area contributed by atoms with Crippen LogP contribution in [0.15, 0.2) is 59.1 Å². The monoisotopic (exact) mass is 333 g/mol. The first-order chi connectivity index (χ1) is 12.2. The van der Waals surface area contributed by atoms with Crippen molar-refractivity contribution in [1.82, 2.24) is 9.88 Å². The van der Waals surface area contributed by atoms with Crippen LogP contribution in [0.2, 0.25) is 0 Å². The van der Waals surface area contributed by atoms with Gasteiger partial charge in [-0.2, -0.15) is 0 Å². The number of carbonyl (C=O) groups is 1. The fourth-order valence-corrected chi connectivity index (χ4v) is 3.09. The summed E-state index contributed by atoms with van der Waals surface area (Å²) >= 11 is 0. The summed E-state index contributed by atoms with van der Waals surface area (Å²) in [4.78, 5) is 18.7. The minimum atomic E-state index is -0.0153. The second-order valence-electron chi connectivity index (χ2n) is 6.08. The molecule has 1 amide bonds. The first-order valence-corrected chi connectivity index (χ1v) is 8.34. The summed E-state index contributed by atoms with van der Waals surface area (Å²) < 4.78 is 6.03. The highest BCUT2D eigenvalue weighted by Crippen LogP contribution is 2.29. The third-order valence-corrected chi connectivity index (χ3v) is 4.49. The summed E-state index contributed by atoms with van der Waals surface area (Å²) in [5.74, 6) is 2.47. The topological polar surface area (TPSA) is 58.4 Å². The van der Waals surface area contributed by atoms with E-state index < -0.39 is 0 Å². The second kappa shape index (κ2) is 6.43. The lowest BCUT2D eigenvalue weighted by atomic mass is 10.1. The van der Waals surface area contributed by atoms with Gasteiger partial charge < -0.3 is 14.6 Å². The number of furan rings is 1. The molecular formula is C20H19N3O2. The molecule has 3 heterocycles. The summed E-state index contributed by atoms with van der Waals surface area (Å²) in [6.45, 7) is 1.18. The molecule has 25 heavy (non-hydrogen) atoms. The van der Waals surface area contributed by atoms with E-state index in [9.17, 15) is 4.79 Å². The van der Waals surface area contributed by atoms with Crippen LogP contribution in [-0.2, 0) is 13.0 Å². The number of hydrogen-bond acceptors (Lipinski definition) is 4. The highest BCUT2D eigenvalue weighted by atomic mass is 16.3. The molecule has 0 fully saturated rings. The van der Waals surface area contributed by atoms with E-state index in [-0.39, 0.29) is 5.91 Å². The molecule has 5 nitrogen and oxygen atoms in total. The van der Waals surface area contributed by atoms with Crippen molar-refractivity contribution in [1.29, 1.82) is 0 Å². The fraction of sp³-hybridized carbons (Fsp3) is 0.200. The van der Waals surface area contributed by atoms with Crippen molar-refractivity contribution >= 4 is 11.7 Å². The van der Waals surface area contributed by atoms with Gasteiger partial charge >= 0.3 is 0 Å². The number of nitrogens with zero attached hydrogens (tertiary/aromatic N) is 2. The van der Waals surface area contributed by atoms with Crippen molar-refractivity contribution in [2.45, 2.75) is 13.0 Å². The maximum atomic E-state index is 12.7.